The van der Waals surface area contributed by atoms with Gasteiger partial charge < -0.3 is 4.74 Å². The summed E-state index contributed by atoms with van der Waals surface area (Å²) in [5.74, 6) is 0.871. The van der Waals surface area contributed by atoms with Crippen LogP contribution < -0.4 is 4.74 Å². The van der Waals surface area contributed by atoms with Gasteiger partial charge in [-0.05, 0) is 29.0 Å². The van der Waals surface area contributed by atoms with Crippen LogP contribution >= 0.6 is 0 Å². The lowest BCUT2D eigenvalue weighted by Gasteiger charge is -2.23. The molecule has 0 amide bonds. The Hall–Kier alpha value is -1.49. The molecule has 0 aromatic heterocycles. The van der Waals surface area contributed by atoms with E-state index < -0.39 is 0 Å². The summed E-state index contributed by atoms with van der Waals surface area (Å²) in [5, 5.41) is 9.12. The molecule has 17 heavy (non-hydrogen) atoms. The predicted molar refractivity (Wildman–Crippen MR) is 70.3 cm³/mol. The molecule has 0 fully saturated rings. The van der Waals surface area contributed by atoms with E-state index in [1.54, 1.807) is 7.11 Å². The molecule has 0 heterocycles. The normalized spacial score (nSPS) is 12.9. The van der Waals surface area contributed by atoms with E-state index in [1.807, 2.05) is 19.1 Å². The Bertz CT molecular complexity index is 424. The van der Waals surface area contributed by atoms with Crippen molar-refractivity contribution in [2.45, 2.75) is 45.4 Å². The zero-order valence-corrected chi connectivity index (χ0v) is 11.4. The van der Waals surface area contributed by atoms with Crippen LogP contribution in [0.5, 0.6) is 5.75 Å². The first kappa shape index (κ1) is 13.6. The first-order valence-electron chi connectivity index (χ1n) is 6.02. The molecule has 0 aliphatic rings. The summed E-state index contributed by atoms with van der Waals surface area (Å²) >= 11 is 0. The lowest BCUT2D eigenvalue weighted by Crippen LogP contribution is -2.13. The second-order valence-corrected chi connectivity index (χ2v) is 5.30. The summed E-state index contributed by atoms with van der Waals surface area (Å²) in [6.45, 7) is 8.50. The highest BCUT2D eigenvalue weighted by atomic mass is 16.5. The Labute approximate surface area is 104 Å². The SMILES string of the molecule is CCC(C#N)c1ccc(OC)c(C(C)(C)C)c1. The molecule has 1 aromatic carbocycles. The quantitative estimate of drug-likeness (QED) is 0.787. The molecule has 1 aromatic rings. The molecule has 0 radical (unpaired) electrons. The van der Waals surface area contributed by atoms with E-state index in [0.29, 0.717) is 0 Å². The molecule has 1 rings (SSSR count). The summed E-state index contributed by atoms with van der Waals surface area (Å²) in [7, 11) is 1.69. The van der Waals surface area contributed by atoms with Gasteiger partial charge in [0.2, 0.25) is 0 Å². The fourth-order valence-electron chi connectivity index (χ4n) is 1.93. The van der Waals surface area contributed by atoms with Gasteiger partial charge in [-0.15, -0.1) is 0 Å². The van der Waals surface area contributed by atoms with E-state index in [0.717, 1.165) is 23.3 Å². The van der Waals surface area contributed by atoms with Crippen molar-refractivity contribution in [3.05, 3.63) is 29.3 Å². The van der Waals surface area contributed by atoms with Gasteiger partial charge in [0.25, 0.3) is 0 Å². The molecule has 92 valence electrons. The number of benzene rings is 1. The van der Waals surface area contributed by atoms with E-state index >= 15 is 0 Å². The molecule has 0 saturated carbocycles. The zero-order chi connectivity index (χ0) is 13.1. The number of hydrogen-bond donors (Lipinski definition) is 0. The highest BCUT2D eigenvalue weighted by Crippen LogP contribution is 2.34. The van der Waals surface area contributed by atoms with E-state index in [4.69, 9.17) is 10.00 Å². The zero-order valence-electron chi connectivity index (χ0n) is 11.4. The monoisotopic (exact) mass is 231 g/mol. The molecule has 0 aliphatic heterocycles. The fraction of sp³-hybridized carbons (Fsp3) is 0.533. The minimum Gasteiger partial charge on any atom is -0.496 e. The van der Waals surface area contributed by atoms with Crippen molar-refractivity contribution >= 4 is 0 Å². The molecular formula is C15H21NO. The van der Waals surface area contributed by atoms with Crippen LogP contribution in [0.1, 0.15) is 51.2 Å². The number of ether oxygens (including phenoxy) is 1. The summed E-state index contributed by atoms with van der Waals surface area (Å²) < 4.78 is 5.39. The molecular weight excluding hydrogens is 210 g/mol. The van der Waals surface area contributed by atoms with E-state index in [9.17, 15) is 0 Å². The first-order valence-corrected chi connectivity index (χ1v) is 6.02. The van der Waals surface area contributed by atoms with Crippen LogP contribution in [-0.2, 0) is 5.41 Å². The highest BCUT2D eigenvalue weighted by Gasteiger charge is 2.20. The van der Waals surface area contributed by atoms with Crippen molar-refractivity contribution in [3.63, 3.8) is 0 Å². The van der Waals surface area contributed by atoms with Crippen molar-refractivity contribution in [1.82, 2.24) is 0 Å². The average molecular weight is 231 g/mol. The Morgan fingerprint density at radius 3 is 2.41 bits per heavy atom. The van der Waals surface area contributed by atoms with Gasteiger partial charge in [-0.25, -0.2) is 0 Å². The summed E-state index contributed by atoms with van der Waals surface area (Å²) in [6.07, 6.45) is 0.840. The van der Waals surface area contributed by atoms with Gasteiger partial charge in [0.1, 0.15) is 5.75 Å². The van der Waals surface area contributed by atoms with Gasteiger partial charge >= 0.3 is 0 Å². The van der Waals surface area contributed by atoms with Crippen LogP contribution in [0.4, 0.5) is 0 Å². The fourth-order valence-corrected chi connectivity index (χ4v) is 1.93. The molecule has 0 saturated heterocycles. The van der Waals surface area contributed by atoms with Crippen LogP contribution in [0.25, 0.3) is 0 Å². The first-order chi connectivity index (χ1) is 7.93. The Morgan fingerprint density at radius 2 is 2.00 bits per heavy atom. The second kappa shape index (κ2) is 5.23. The Balaban J connectivity index is 3.28. The second-order valence-electron chi connectivity index (χ2n) is 5.30. The predicted octanol–water partition coefficient (Wildman–Crippen LogP) is 4.01. The number of nitriles is 1. The number of nitrogens with zero attached hydrogens (tertiary/aromatic N) is 1. The molecule has 0 aliphatic carbocycles. The van der Waals surface area contributed by atoms with Crippen LogP contribution in [0.15, 0.2) is 18.2 Å². The number of hydrogen-bond acceptors (Lipinski definition) is 2. The van der Waals surface area contributed by atoms with Crippen molar-refractivity contribution in [2.75, 3.05) is 7.11 Å². The number of methoxy groups -OCH3 is 1. The minimum absolute atomic E-state index is 0.0229. The Morgan fingerprint density at radius 1 is 1.35 bits per heavy atom. The molecule has 0 bridgehead atoms. The molecule has 0 N–H and O–H groups in total. The maximum absolute atomic E-state index is 9.12. The third-order valence-electron chi connectivity index (χ3n) is 3.00. The lowest BCUT2D eigenvalue weighted by atomic mass is 9.83. The van der Waals surface area contributed by atoms with E-state index in [-0.39, 0.29) is 11.3 Å². The van der Waals surface area contributed by atoms with Gasteiger partial charge in [-0.1, -0.05) is 39.8 Å². The largest absolute Gasteiger partial charge is 0.496 e. The van der Waals surface area contributed by atoms with Crippen molar-refractivity contribution < 1.29 is 4.74 Å². The average Bonchev–Trinajstić information content (AvgIpc) is 2.29. The summed E-state index contributed by atoms with van der Waals surface area (Å²) in [5.41, 5.74) is 2.27. The van der Waals surface area contributed by atoms with Crippen molar-refractivity contribution in [2.24, 2.45) is 0 Å². The minimum atomic E-state index is -0.0259. The lowest BCUT2D eigenvalue weighted by molar-refractivity contribution is 0.397. The van der Waals surface area contributed by atoms with Crippen LogP contribution in [-0.4, -0.2) is 7.11 Å². The molecule has 1 atom stereocenters. The molecule has 2 heteroatoms. The van der Waals surface area contributed by atoms with Crippen LogP contribution in [0.3, 0.4) is 0 Å². The van der Waals surface area contributed by atoms with Gasteiger partial charge in [-0.3, -0.25) is 0 Å². The third kappa shape index (κ3) is 3.00. The van der Waals surface area contributed by atoms with Gasteiger partial charge in [0.05, 0.1) is 19.1 Å². The van der Waals surface area contributed by atoms with Gasteiger partial charge in [-0.2, -0.15) is 5.26 Å². The third-order valence-corrected chi connectivity index (χ3v) is 3.00. The number of rotatable bonds is 3. The molecule has 1 unspecified atom stereocenters. The molecule has 2 nitrogen and oxygen atoms in total. The maximum Gasteiger partial charge on any atom is 0.122 e. The van der Waals surface area contributed by atoms with Crippen molar-refractivity contribution in [3.8, 4) is 11.8 Å². The smallest absolute Gasteiger partial charge is 0.122 e. The van der Waals surface area contributed by atoms with E-state index in [1.165, 1.54) is 0 Å². The molecule has 0 spiro atoms. The Kier molecular flexibility index (Phi) is 4.17. The summed E-state index contributed by atoms with van der Waals surface area (Å²) in [6, 6.07) is 8.41. The van der Waals surface area contributed by atoms with Gasteiger partial charge in [0.15, 0.2) is 0 Å². The topological polar surface area (TPSA) is 33.0 Å². The summed E-state index contributed by atoms with van der Waals surface area (Å²) in [4.78, 5) is 0. The standard InChI is InChI=1S/C15H21NO/c1-6-11(10-16)12-7-8-14(17-5)13(9-12)15(2,3)4/h7-9,11H,6H2,1-5H3. The van der Waals surface area contributed by atoms with Crippen molar-refractivity contribution in [1.29, 1.82) is 5.26 Å². The van der Waals surface area contributed by atoms with E-state index in [2.05, 4.69) is 32.9 Å². The maximum atomic E-state index is 9.12. The highest BCUT2D eigenvalue weighted by molar-refractivity contribution is 5.43. The van der Waals surface area contributed by atoms with Crippen LogP contribution in [0, 0.1) is 11.3 Å². The van der Waals surface area contributed by atoms with Crippen LogP contribution in [0.2, 0.25) is 0 Å². The van der Waals surface area contributed by atoms with Gasteiger partial charge in [0, 0.05) is 0 Å².